The first-order valence-corrected chi connectivity index (χ1v) is 9.14. The van der Waals surface area contributed by atoms with Crippen LogP contribution >= 0.6 is 0 Å². The Morgan fingerprint density at radius 2 is 1.83 bits per heavy atom. The molecule has 4 saturated carbocycles. The Bertz CT molecular complexity index is 607. The molecule has 0 saturated heterocycles. The average molecular weight is 331 g/mol. The maximum atomic E-state index is 13.7. The molecular weight excluding hydrogens is 305 g/mol. The zero-order valence-corrected chi connectivity index (χ0v) is 14.3. The molecule has 4 fully saturated rings. The molecule has 0 heterocycles. The smallest absolute Gasteiger partial charge is 0.224 e. The molecule has 4 aliphatic carbocycles. The first-order valence-electron chi connectivity index (χ1n) is 9.14. The Hall–Kier alpha value is -1.58. The second-order valence-electron chi connectivity index (χ2n) is 8.34. The Morgan fingerprint density at radius 1 is 1.21 bits per heavy atom. The number of nitrogens with one attached hydrogen (secondary N) is 1. The normalized spacial score (nSPS) is 33.5. The quantitative estimate of drug-likeness (QED) is 0.893. The molecule has 0 unspecified atom stereocenters. The lowest BCUT2D eigenvalue weighted by Gasteiger charge is -2.56. The number of benzene rings is 1. The summed E-state index contributed by atoms with van der Waals surface area (Å²) < 4.78 is 18.6. The summed E-state index contributed by atoms with van der Waals surface area (Å²) in [5, 5.41) is 3.14. The fourth-order valence-electron chi connectivity index (χ4n) is 5.86. The molecule has 1 aromatic carbocycles. The second-order valence-corrected chi connectivity index (χ2v) is 8.34. The molecular formula is C20H26FNO2. The first-order chi connectivity index (χ1) is 11.5. The van der Waals surface area contributed by atoms with Crippen LogP contribution in [0.15, 0.2) is 18.2 Å². The van der Waals surface area contributed by atoms with Gasteiger partial charge in [-0.05, 0) is 79.4 Å². The van der Waals surface area contributed by atoms with E-state index in [1.807, 2.05) is 0 Å². The van der Waals surface area contributed by atoms with E-state index >= 15 is 0 Å². The molecule has 0 atom stereocenters. The van der Waals surface area contributed by atoms with Gasteiger partial charge in [0.25, 0.3) is 0 Å². The highest BCUT2D eigenvalue weighted by Gasteiger charge is 2.50. The molecule has 1 N–H and O–H groups in total. The zero-order valence-electron chi connectivity index (χ0n) is 14.3. The van der Waals surface area contributed by atoms with Crippen LogP contribution in [-0.4, -0.2) is 19.6 Å². The van der Waals surface area contributed by atoms with Crippen LogP contribution in [0.5, 0.6) is 5.75 Å². The van der Waals surface area contributed by atoms with Gasteiger partial charge < -0.3 is 10.1 Å². The minimum absolute atomic E-state index is 0.00434. The van der Waals surface area contributed by atoms with Gasteiger partial charge in [-0.1, -0.05) is 6.07 Å². The van der Waals surface area contributed by atoms with Gasteiger partial charge in [0.2, 0.25) is 5.91 Å². The van der Waals surface area contributed by atoms with Gasteiger partial charge in [-0.15, -0.1) is 0 Å². The van der Waals surface area contributed by atoms with Crippen LogP contribution in [-0.2, 0) is 11.2 Å². The summed E-state index contributed by atoms with van der Waals surface area (Å²) in [6, 6.07) is 4.73. The highest BCUT2D eigenvalue weighted by Crippen LogP contribution is 2.59. The van der Waals surface area contributed by atoms with Crippen LogP contribution in [0, 0.1) is 29.0 Å². The van der Waals surface area contributed by atoms with Crippen molar-refractivity contribution in [2.24, 2.45) is 23.2 Å². The summed E-state index contributed by atoms with van der Waals surface area (Å²) in [4.78, 5) is 12.3. The fourth-order valence-corrected chi connectivity index (χ4v) is 5.86. The number of methoxy groups -OCH3 is 1. The van der Waals surface area contributed by atoms with Crippen LogP contribution in [0.4, 0.5) is 4.39 Å². The second kappa shape index (κ2) is 6.05. The van der Waals surface area contributed by atoms with E-state index in [1.54, 1.807) is 12.1 Å². The van der Waals surface area contributed by atoms with Crippen LogP contribution in [0.1, 0.15) is 44.1 Å². The minimum atomic E-state index is -0.413. The van der Waals surface area contributed by atoms with Gasteiger partial charge in [-0.3, -0.25) is 4.79 Å². The average Bonchev–Trinajstić information content (AvgIpc) is 2.52. The van der Waals surface area contributed by atoms with Crippen molar-refractivity contribution in [2.45, 2.75) is 44.9 Å². The Labute approximate surface area is 143 Å². The standard InChI is InChI=1S/C20H26FNO2/c1-24-18-3-2-13(7-17(18)21)8-19(23)22-12-20-9-14-4-15(10-20)6-16(5-14)11-20/h2-3,7,14-16H,4-6,8-12H2,1H3,(H,22,23). The largest absolute Gasteiger partial charge is 0.494 e. The number of amides is 1. The molecule has 1 amide bonds. The van der Waals surface area contributed by atoms with Crippen LogP contribution < -0.4 is 10.1 Å². The van der Waals surface area contributed by atoms with Crippen LogP contribution in [0.2, 0.25) is 0 Å². The van der Waals surface area contributed by atoms with E-state index in [4.69, 9.17) is 4.74 Å². The summed E-state index contributed by atoms with van der Waals surface area (Å²) >= 11 is 0. The van der Waals surface area contributed by atoms with Gasteiger partial charge in [-0.2, -0.15) is 0 Å². The van der Waals surface area contributed by atoms with Gasteiger partial charge in [0, 0.05) is 6.54 Å². The van der Waals surface area contributed by atoms with E-state index in [-0.39, 0.29) is 18.1 Å². The SMILES string of the molecule is COc1ccc(CC(=O)NCC23CC4CC(CC(C4)C2)C3)cc1F. The number of carbonyl (C=O) groups is 1. The maximum Gasteiger partial charge on any atom is 0.224 e. The molecule has 3 nitrogen and oxygen atoms in total. The van der Waals surface area contributed by atoms with Crippen molar-refractivity contribution in [3.05, 3.63) is 29.6 Å². The third-order valence-electron chi connectivity index (χ3n) is 6.41. The van der Waals surface area contributed by atoms with E-state index in [1.165, 1.54) is 51.7 Å². The first kappa shape index (κ1) is 15.9. The van der Waals surface area contributed by atoms with E-state index in [2.05, 4.69) is 5.32 Å². The predicted molar refractivity (Wildman–Crippen MR) is 90.3 cm³/mol. The summed E-state index contributed by atoms with van der Waals surface area (Å²) in [6.07, 6.45) is 8.34. The third kappa shape index (κ3) is 3.03. The molecule has 0 aliphatic heterocycles. The molecule has 0 radical (unpaired) electrons. The highest BCUT2D eigenvalue weighted by molar-refractivity contribution is 5.78. The van der Waals surface area contributed by atoms with Gasteiger partial charge in [-0.25, -0.2) is 4.39 Å². The number of carbonyl (C=O) groups excluding carboxylic acids is 1. The van der Waals surface area contributed by atoms with Crippen molar-refractivity contribution >= 4 is 5.91 Å². The number of hydrogen-bond acceptors (Lipinski definition) is 2. The Kier molecular flexibility index (Phi) is 4.01. The molecule has 4 aliphatic rings. The number of ether oxygens (including phenoxy) is 1. The number of rotatable bonds is 5. The zero-order chi connectivity index (χ0) is 16.7. The Balaban J connectivity index is 1.34. The van der Waals surface area contributed by atoms with E-state index in [9.17, 15) is 9.18 Å². The van der Waals surface area contributed by atoms with Crippen molar-refractivity contribution in [3.63, 3.8) is 0 Å². The van der Waals surface area contributed by atoms with E-state index in [0.29, 0.717) is 11.0 Å². The summed E-state index contributed by atoms with van der Waals surface area (Å²) in [5.74, 6) is 2.48. The van der Waals surface area contributed by atoms with Crippen molar-refractivity contribution < 1.29 is 13.9 Å². The van der Waals surface area contributed by atoms with Crippen molar-refractivity contribution in [3.8, 4) is 5.75 Å². The molecule has 24 heavy (non-hydrogen) atoms. The Morgan fingerprint density at radius 3 is 2.38 bits per heavy atom. The minimum Gasteiger partial charge on any atom is -0.494 e. The molecule has 4 heteroatoms. The molecule has 0 aromatic heterocycles. The monoisotopic (exact) mass is 331 g/mol. The molecule has 5 rings (SSSR count). The van der Waals surface area contributed by atoms with Crippen molar-refractivity contribution in [2.75, 3.05) is 13.7 Å². The summed E-state index contributed by atoms with van der Waals surface area (Å²) in [5.41, 5.74) is 1.03. The topological polar surface area (TPSA) is 38.3 Å². The molecule has 4 bridgehead atoms. The maximum absolute atomic E-state index is 13.7. The van der Waals surface area contributed by atoms with Crippen molar-refractivity contribution in [1.82, 2.24) is 5.32 Å². The lowest BCUT2D eigenvalue weighted by atomic mass is 9.49. The van der Waals surface area contributed by atoms with Crippen LogP contribution in [0.25, 0.3) is 0 Å². The number of hydrogen-bond donors (Lipinski definition) is 1. The van der Waals surface area contributed by atoms with Crippen LogP contribution in [0.3, 0.4) is 0 Å². The van der Waals surface area contributed by atoms with Crippen molar-refractivity contribution in [1.29, 1.82) is 0 Å². The lowest BCUT2D eigenvalue weighted by Crippen LogP contribution is -2.51. The fraction of sp³-hybridized carbons (Fsp3) is 0.650. The highest BCUT2D eigenvalue weighted by atomic mass is 19.1. The molecule has 130 valence electrons. The van der Waals surface area contributed by atoms with Gasteiger partial charge in [0.15, 0.2) is 11.6 Å². The predicted octanol–water partition coefficient (Wildman–Crippen LogP) is 3.71. The summed E-state index contributed by atoms with van der Waals surface area (Å²) in [7, 11) is 1.44. The lowest BCUT2D eigenvalue weighted by molar-refractivity contribution is -0.122. The summed E-state index contributed by atoms with van der Waals surface area (Å²) in [6.45, 7) is 0.800. The van der Waals surface area contributed by atoms with E-state index < -0.39 is 5.82 Å². The van der Waals surface area contributed by atoms with Gasteiger partial charge in [0.1, 0.15) is 0 Å². The number of halogens is 1. The third-order valence-corrected chi connectivity index (χ3v) is 6.41. The molecule has 0 spiro atoms. The van der Waals surface area contributed by atoms with Gasteiger partial charge in [0.05, 0.1) is 13.5 Å². The van der Waals surface area contributed by atoms with E-state index in [0.717, 1.165) is 24.3 Å². The van der Waals surface area contributed by atoms with Gasteiger partial charge >= 0.3 is 0 Å². The molecule has 1 aromatic rings.